The molecule has 0 aliphatic heterocycles. The van der Waals surface area contributed by atoms with E-state index in [1.807, 2.05) is 0 Å². The number of hydrogen-bond acceptors (Lipinski definition) is 5. The summed E-state index contributed by atoms with van der Waals surface area (Å²) in [4.78, 5) is 11.6. The van der Waals surface area contributed by atoms with Crippen LogP contribution in [0.4, 0.5) is 10.1 Å². The Balaban J connectivity index is 2.76. The lowest BCUT2D eigenvalue weighted by atomic mass is 10.2. The summed E-state index contributed by atoms with van der Waals surface area (Å²) in [6, 6.07) is 2.17. The minimum absolute atomic E-state index is 0.0439. The summed E-state index contributed by atoms with van der Waals surface area (Å²) in [5, 5.41) is 0. The monoisotopic (exact) mass is 339 g/mol. The van der Waals surface area contributed by atoms with Gasteiger partial charge in [-0.3, -0.25) is 0 Å². The fraction of sp³-hybridized carbons (Fsp3) is 0.300. The number of esters is 1. The maximum Gasteiger partial charge on any atom is 0.339 e. The molecule has 18 heavy (non-hydrogen) atoms. The largest absolute Gasteiger partial charge is 0.461 e. The first kappa shape index (κ1) is 14.9. The van der Waals surface area contributed by atoms with Gasteiger partial charge in [0.2, 0.25) is 0 Å². The Hall–Kier alpha value is -1.15. The lowest BCUT2D eigenvalue weighted by Crippen LogP contribution is -2.15. The van der Waals surface area contributed by atoms with Crippen LogP contribution < -0.4 is 5.73 Å². The SMILES string of the molecule is CS(=O)(=O)CCOC(=O)c1cc(N)c(F)cc1Br. The number of rotatable bonds is 4. The van der Waals surface area contributed by atoms with Crippen molar-refractivity contribution < 1.29 is 22.3 Å². The molecule has 0 aromatic heterocycles. The van der Waals surface area contributed by atoms with Crippen molar-refractivity contribution in [2.75, 3.05) is 24.3 Å². The van der Waals surface area contributed by atoms with Crippen LogP contribution in [0.15, 0.2) is 16.6 Å². The predicted octanol–water partition coefficient (Wildman–Crippen LogP) is 1.37. The molecule has 0 atom stereocenters. The number of carbonyl (C=O) groups is 1. The Bertz CT molecular complexity index is 573. The zero-order valence-corrected chi connectivity index (χ0v) is 11.8. The first-order valence-electron chi connectivity index (χ1n) is 4.80. The highest BCUT2D eigenvalue weighted by Crippen LogP contribution is 2.23. The number of hydrogen-bond donors (Lipinski definition) is 1. The summed E-state index contributed by atoms with van der Waals surface area (Å²) in [6.07, 6.45) is 1.03. The van der Waals surface area contributed by atoms with Crippen LogP contribution in [0.25, 0.3) is 0 Å². The summed E-state index contributed by atoms with van der Waals surface area (Å²) in [6.45, 7) is -0.263. The Labute approximate surface area is 112 Å². The first-order chi connectivity index (χ1) is 8.20. The number of nitrogen functional groups attached to an aromatic ring is 1. The molecule has 0 aliphatic carbocycles. The fourth-order valence-corrected chi connectivity index (χ4v) is 1.95. The van der Waals surface area contributed by atoms with Crippen molar-refractivity contribution in [3.05, 3.63) is 28.0 Å². The van der Waals surface area contributed by atoms with Crippen LogP contribution in [0.5, 0.6) is 0 Å². The van der Waals surface area contributed by atoms with Crippen LogP contribution in [-0.4, -0.2) is 33.0 Å². The van der Waals surface area contributed by atoms with Crippen molar-refractivity contribution in [2.24, 2.45) is 0 Å². The molecule has 0 aliphatic rings. The van der Waals surface area contributed by atoms with Crippen LogP contribution in [0.3, 0.4) is 0 Å². The van der Waals surface area contributed by atoms with Gasteiger partial charge in [-0.2, -0.15) is 0 Å². The van der Waals surface area contributed by atoms with Gasteiger partial charge in [-0.05, 0) is 28.1 Å². The molecule has 0 saturated carbocycles. The van der Waals surface area contributed by atoms with E-state index in [9.17, 15) is 17.6 Å². The van der Waals surface area contributed by atoms with Gasteiger partial charge in [0.05, 0.1) is 17.0 Å². The van der Waals surface area contributed by atoms with Crippen LogP contribution >= 0.6 is 15.9 Å². The van der Waals surface area contributed by atoms with Crippen LogP contribution in [-0.2, 0) is 14.6 Å². The average molecular weight is 340 g/mol. The molecule has 8 heteroatoms. The number of ether oxygens (including phenoxy) is 1. The molecule has 5 nitrogen and oxygen atoms in total. The van der Waals surface area contributed by atoms with Crippen molar-refractivity contribution in [3.8, 4) is 0 Å². The van der Waals surface area contributed by atoms with Crippen LogP contribution in [0.2, 0.25) is 0 Å². The van der Waals surface area contributed by atoms with Gasteiger partial charge in [-0.1, -0.05) is 0 Å². The van der Waals surface area contributed by atoms with Gasteiger partial charge < -0.3 is 10.5 Å². The molecule has 1 rings (SSSR count). The lowest BCUT2D eigenvalue weighted by molar-refractivity contribution is 0.0528. The minimum atomic E-state index is -3.20. The van der Waals surface area contributed by atoms with Gasteiger partial charge in [0, 0.05) is 10.7 Å². The van der Waals surface area contributed by atoms with E-state index in [1.165, 1.54) is 0 Å². The highest BCUT2D eigenvalue weighted by molar-refractivity contribution is 9.10. The average Bonchev–Trinajstić information content (AvgIpc) is 2.21. The summed E-state index contributed by atoms with van der Waals surface area (Å²) in [7, 11) is -3.20. The second kappa shape index (κ2) is 5.66. The summed E-state index contributed by atoms with van der Waals surface area (Å²) in [5.74, 6) is -1.70. The van der Waals surface area contributed by atoms with Gasteiger partial charge in [0.15, 0.2) is 9.84 Å². The molecule has 1 aromatic carbocycles. The van der Waals surface area contributed by atoms with E-state index in [2.05, 4.69) is 15.9 Å². The predicted molar refractivity (Wildman–Crippen MR) is 68.5 cm³/mol. The van der Waals surface area contributed by atoms with E-state index in [4.69, 9.17) is 10.5 Å². The molecule has 0 unspecified atom stereocenters. The van der Waals surface area contributed by atoms with E-state index < -0.39 is 21.6 Å². The van der Waals surface area contributed by atoms with Crippen molar-refractivity contribution in [3.63, 3.8) is 0 Å². The third-order valence-corrected chi connectivity index (χ3v) is 3.56. The highest BCUT2D eigenvalue weighted by atomic mass is 79.9. The topological polar surface area (TPSA) is 86.5 Å². The number of benzene rings is 1. The number of sulfone groups is 1. The van der Waals surface area contributed by atoms with Gasteiger partial charge in [-0.15, -0.1) is 0 Å². The van der Waals surface area contributed by atoms with E-state index in [1.54, 1.807) is 0 Å². The molecule has 0 saturated heterocycles. The zero-order chi connectivity index (χ0) is 13.9. The van der Waals surface area contributed by atoms with Crippen LogP contribution in [0.1, 0.15) is 10.4 Å². The van der Waals surface area contributed by atoms with E-state index in [-0.39, 0.29) is 28.1 Å². The van der Waals surface area contributed by atoms with Gasteiger partial charge in [0.1, 0.15) is 12.4 Å². The first-order valence-corrected chi connectivity index (χ1v) is 7.65. The number of nitrogens with two attached hydrogens (primary N) is 1. The summed E-state index contributed by atoms with van der Waals surface area (Å²) < 4.78 is 39.7. The highest BCUT2D eigenvalue weighted by Gasteiger charge is 2.15. The maximum atomic E-state index is 13.0. The van der Waals surface area contributed by atoms with Crippen molar-refractivity contribution in [1.29, 1.82) is 0 Å². The summed E-state index contributed by atoms with van der Waals surface area (Å²) >= 11 is 3.00. The molecule has 0 amide bonds. The van der Waals surface area contributed by atoms with Crippen molar-refractivity contribution in [1.82, 2.24) is 0 Å². The number of carbonyl (C=O) groups excluding carboxylic acids is 1. The third kappa shape index (κ3) is 4.26. The number of anilines is 1. The summed E-state index contributed by atoms with van der Waals surface area (Å²) in [5.41, 5.74) is 5.18. The minimum Gasteiger partial charge on any atom is -0.461 e. The molecule has 100 valence electrons. The van der Waals surface area contributed by atoms with Crippen molar-refractivity contribution in [2.45, 2.75) is 0 Å². The number of halogens is 2. The molecular formula is C10H11BrFNO4S. The molecule has 0 fully saturated rings. The van der Waals surface area contributed by atoms with E-state index in [0.29, 0.717) is 0 Å². The molecule has 2 N–H and O–H groups in total. The van der Waals surface area contributed by atoms with Gasteiger partial charge in [-0.25, -0.2) is 17.6 Å². The quantitative estimate of drug-likeness (QED) is 0.661. The molecule has 0 radical (unpaired) electrons. The maximum absolute atomic E-state index is 13.0. The molecule has 0 bridgehead atoms. The van der Waals surface area contributed by atoms with Crippen LogP contribution in [0, 0.1) is 5.82 Å². The lowest BCUT2D eigenvalue weighted by Gasteiger charge is -2.07. The Morgan fingerprint density at radius 3 is 2.67 bits per heavy atom. The molecule has 0 spiro atoms. The molecule has 0 heterocycles. The van der Waals surface area contributed by atoms with E-state index in [0.717, 1.165) is 18.4 Å². The Morgan fingerprint density at radius 2 is 2.11 bits per heavy atom. The third-order valence-electron chi connectivity index (χ3n) is 1.99. The second-order valence-electron chi connectivity index (χ2n) is 3.62. The molecular weight excluding hydrogens is 329 g/mol. The molecule has 1 aromatic rings. The van der Waals surface area contributed by atoms with Gasteiger partial charge in [0.25, 0.3) is 0 Å². The van der Waals surface area contributed by atoms with Gasteiger partial charge >= 0.3 is 5.97 Å². The zero-order valence-electron chi connectivity index (χ0n) is 9.44. The standard InChI is InChI=1S/C10H11BrFNO4S/c1-18(15,16)3-2-17-10(14)6-4-9(13)8(12)5-7(6)11/h4-5H,2-3,13H2,1H3. The second-order valence-corrected chi connectivity index (χ2v) is 6.73. The Morgan fingerprint density at radius 1 is 1.50 bits per heavy atom. The van der Waals surface area contributed by atoms with E-state index >= 15 is 0 Å². The Kier molecular flexibility index (Phi) is 4.69. The fourth-order valence-electron chi connectivity index (χ4n) is 1.09. The van der Waals surface area contributed by atoms with Crippen molar-refractivity contribution >= 4 is 37.4 Å². The normalized spacial score (nSPS) is 11.3. The smallest absolute Gasteiger partial charge is 0.339 e.